The molecule has 2 aliphatic rings. The molecule has 1 saturated heterocycles. The van der Waals surface area contributed by atoms with Crippen LogP contribution in [0.3, 0.4) is 0 Å². The monoisotopic (exact) mass is 370 g/mol. The summed E-state index contributed by atoms with van der Waals surface area (Å²) < 4.78 is 5.28. The summed E-state index contributed by atoms with van der Waals surface area (Å²) in [7, 11) is 0. The summed E-state index contributed by atoms with van der Waals surface area (Å²) in [6.45, 7) is 1.26. The molecular formula is C15H19ClN4O5. The second kappa shape index (κ2) is 8.13. The van der Waals surface area contributed by atoms with E-state index in [1.807, 2.05) is 0 Å². The van der Waals surface area contributed by atoms with E-state index in [4.69, 9.17) is 4.74 Å². The summed E-state index contributed by atoms with van der Waals surface area (Å²) in [6, 6.07) is 4.03. The van der Waals surface area contributed by atoms with Crippen LogP contribution in [-0.4, -0.2) is 49.0 Å². The fraction of sp³-hybridized carbons (Fsp3) is 0.467. The lowest BCUT2D eigenvalue weighted by molar-refractivity contribution is -0.384. The normalized spacial score (nSPS) is 19.3. The fourth-order valence-electron chi connectivity index (χ4n) is 2.87. The summed E-state index contributed by atoms with van der Waals surface area (Å²) in [5, 5.41) is 17.0. The first-order chi connectivity index (χ1) is 11.5. The first-order valence-electron chi connectivity index (χ1n) is 7.76. The number of ether oxygens (including phenoxy) is 1. The zero-order valence-corrected chi connectivity index (χ0v) is 14.2. The molecule has 1 aromatic rings. The number of anilines is 1. The highest BCUT2D eigenvalue weighted by atomic mass is 35.5. The second-order valence-electron chi connectivity index (χ2n) is 5.79. The van der Waals surface area contributed by atoms with Crippen molar-refractivity contribution in [3.63, 3.8) is 0 Å². The number of fused-ring (bicyclic) bond motifs is 1. The molecule has 1 fully saturated rings. The number of halogens is 1. The summed E-state index contributed by atoms with van der Waals surface area (Å²) in [5.74, 6) is -0.344. The number of nitrogens with zero attached hydrogens (tertiary/aromatic N) is 2. The lowest BCUT2D eigenvalue weighted by Gasteiger charge is -2.30. The van der Waals surface area contributed by atoms with Crippen LogP contribution >= 0.6 is 12.4 Å². The number of amides is 2. The van der Waals surface area contributed by atoms with Crippen LogP contribution in [0.25, 0.3) is 0 Å². The largest absolute Gasteiger partial charge is 0.482 e. The fourth-order valence-corrected chi connectivity index (χ4v) is 2.87. The quantitative estimate of drug-likeness (QED) is 0.593. The van der Waals surface area contributed by atoms with E-state index in [2.05, 4.69) is 10.6 Å². The zero-order valence-electron chi connectivity index (χ0n) is 13.4. The van der Waals surface area contributed by atoms with Crippen molar-refractivity contribution in [3.8, 4) is 5.75 Å². The number of hydrogen-bond donors (Lipinski definition) is 2. The maximum atomic E-state index is 12.2. The lowest BCUT2D eigenvalue weighted by atomic mass is 10.1. The molecule has 9 nitrogen and oxygen atoms in total. The molecule has 10 heteroatoms. The Morgan fingerprint density at radius 1 is 1.48 bits per heavy atom. The minimum atomic E-state index is -0.550. The molecule has 1 atom stereocenters. The molecule has 2 aliphatic heterocycles. The van der Waals surface area contributed by atoms with Gasteiger partial charge in [0.2, 0.25) is 5.91 Å². The van der Waals surface area contributed by atoms with E-state index < -0.39 is 10.8 Å². The van der Waals surface area contributed by atoms with Gasteiger partial charge in [-0.15, -0.1) is 12.4 Å². The number of piperidine rings is 1. The average molecular weight is 371 g/mol. The van der Waals surface area contributed by atoms with Gasteiger partial charge in [-0.25, -0.2) is 0 Å². The molecule has 0 radical (unpaired) electrons. The number of non-ortho nitro benzene ring substituents is 1. The molecular weight excluding hydrogens is 352 g/mol. The van der Waals surface area contributed by atoms with E-state index in [1.165, 1.54) is 23.1 Å². The van der Waals surface area contributed by atoms with E-state index in [0.717, 1.165) is 19.4 Å². The second-order valence-corrected chi connectivity index (χ2v) is 5.79. The van der Waals surface area contributed by atoms with Crippen molar-refractivity contribution >= 4 is 35.6 Å². The van der Waals surface area contributed by atoms with Crippen LogP contribution in [0.4, 0.5) is 11.4 Å². The van der Waals surface area contributed by atoms with Crippen LogP contribution in [0, 0.1) is 10.1 Å². The Morgan fingerprint density at radius 3 is 2.96 bits per heavy atom. The van der Waals surface area contributed by atoms with Gasteiger partial charge in [-0.3, -0.25) is 24.6 Å². The number of nitrogens with one attached hydrogen (secondary N) is 2. The number of hydrogen-bond acceptors (Lipinski definition) is 6. The van der Waals surface area contributed by atoms with Crippen LogP contribution in [0.5, 0.6) is 5.75 Å². The van der Waals surface area contributed by atoms with Crippen molar-refractivity contribution in [1.82, 2.24) is 10.6 Å². The molecule has 2 heterocycles. The molecule has 0 bridgehead atoms. The van der Waals surface area contributed by atoms with Crippen molar-refractivity contribution in [3.05, 3.63) is 28.3 Å². The van der Waals surface area contributed by atoms with Gasteiger partial charge in [0.25, 0.3) is 11.6 Å². The van der Waals surface area contributed by atoms with Gasteiger partial charge in [-0.1, -0.05) is 0 Å². The third-order valence-corrected chi connectivity index (χ3v) is 4.06. The topological polar surface area (TPSA) is 114 Å². The third kappa shape index (κ3) is 4.37. The smallest absolute Gasteiger partial charge is 0.271 e. The summed E-state index contributed by atoms with van der Waals surface area (Å²) in [5.41, 5.74) is 0.0892. The van der Waals surface area contributed by atoms with E-state index >= 15 is 0 Å². The standard InChI is InChI=1S/C15H18N4O5.ClH/c20-14(17-10-2-1-5-16-7-10)8-18-12-6-11(19(22)23)3-4-13(12)24-9-15(18)21;/h3-4,6,10,16H,1-2,5,7-9H2,(H,17,20);1H. The van der Waals surface area contributed by atoms with Gasteiger partial charge < -0.3 is 15.4 Å². The minimum Gasteiger partial charge on any atom is -0.482 e. The highest BCUT2D eigenvalue weighted by Gasteiger charge is 2.29. The average Bonchev–Trinajstić information content (AvgIpc) is 2.58. The van der Waals surface area contributed by atoms with Crippen LogP contribution in [0.1, 0.15) is 12.8 Å². The molecule has 136 valence electrons. The van der Waals surface area contributed by atoms with Gasteiger partial charge in [-0.05, 0) is 25.5 Å². The van der Waals surface area contributed by atoms with Gasteiger partial charge in [0, 0.05) is 24.7 Å². The first kappa shape index (κ1) is 18.9. The highest BCUT2D eigenvalue weighted by Crippen LogP contribution is 2.35. The van der Waals surface area contributed by atoms with Crippen LogP contribution in [0.15, 0.2) is 18.2 Å². The number of nitro groups is 1. The van der Waals surface area contributed by atoms with E-state index in [0.29, 0.717) is 12.3 Å². The van der Waals surface area contributed by atoms with Gasteiger partial charge in [0.15, 0.2) is 6.61 Å². The minimum absolute atomic E-state index is 0. The molecule has 0 aromatic heterocycles. The van der Waals surface area contributed by atoms with Crippen molar-refractivity contribution in [2.24, 2.45) is 0 Å². The predicted octanol–water partition coefficient (Wildman–Crippen LogP) is 0.610. The van der Waals surface area contributed by atoms with Gasteiger partial charge in [-0.2, -0.15) is 0 Å². The van der Waals surface area contributed by atoms with Gasteiger partial charge in [0.1, 0.15) is 12.3 Å². The molecule has 2 amide bonds. The van der Waals surface area contributed by atoms with E-state index in [-0.39, 0.29) is 48.9 Å². The maximum Gasteiger partial charge on any atom is 0.271 e. The lowest BCUT2D eigenvalue weighted by Crippen LogP contribution is -2.50. The number of benzene rings is 1. The molecule has 25 heavy (non-hydrogen) atoms. The van der Waals surface area contributed by atoms with Gasteiger partial charge in [0.05, 0.1) is 10.6 Å². The Morgan fingerprint density at radius 2 is 2.28 bits per heavy atom. The summed E-state index contributed by atoms with van der Waals surface area (Å²) in [4.78, 5) is 36.0. The van der Waals surface area contributed by atoms with Crippen LogP contribution in [-0.2, 0) is 9.59 Å². The first-order valence-corrected chi connectivity index (χ1v) is 7.76. The van der Waals surface area contributed by atoms with Crippen LogP contribution in [0.2, 0.25) is 0 Å². The predicted molar refractivity (Wildman–Crippen MR) is 92.2 cm³/mol. The zero-order chi connectivity index (χ0) is 17.1. The number of nitro benzene ring substituents is 1. The van der Waals surface area contributed by atoms with Crippen molar-refractivity contribution < 1.29 is 19.2 Å². The maximum absolute atomic E-state index is 12.2. The number of carbonyl (C=O) groups is 2. The Bertz CT molecular complexity index is 678. The summed E-state index contributed by atoms with van der Waals surface area (Å²) in [6.07, 6.45) is 1.87. The van der Waals surface area contributed by atoms with Crippen molar-refractivity contribution in [2.75, 3.05) is 31.1 Å². The van der Waals surface area contributed by atoms with E-state index in [1.54, 1.807) is 0 Å². The number of carbonyl (C=O) groups excluding carboxylic acids is 2. The molecule has 3 rings (SSSR count). The van der Waals surface area contributed by atoms with E-state index in [9.17, 15) is 19.7 Å². The molecule has 0 saturated carbocycles. The van der Waals surface area contributed by atoms with Crippen molar-refractivity contribution in [2.45, 2.75) is 18.9 Å². The molecule has 1 unspecified atom stereocenters. The van der Waals surface area contributed by atoms with Gasteiger partial charge >= 0.3 is 0 Å². The molecule has 0 spiro atoms. The van der Waals surface area contributed by atoms with Crippen molar-refractivity contribution in [1.29, 1.82) is 0 Å². The molecule has 0 aliphatic carbocycles. The molecule has 2 N–H and O–H groups in total. The highest BCUT2D eigenvalue weighted by molar-refractivity contribution is 6.02. The van der Waals surface area contributed by atoms with Crippen LogP contribution < -0.4 is 20.3 Å². The third-order valence-electron chi connectivity index (χ3n) is 4.06. The Kier molecular flexibility index (Phi) is 6.16. The molecule has 1 aromatic carbocycles. The SMILES string of the molecule is Cl.O=C(CN1C(=O)COc2ccc([N+](=O)[O-])cc21)NC1CCCNC1. The number of rotatable bonds is 4. The summed E-state index contributed by atoms with van der Waals surface area (Å²) >= 11 is 0. The Balaban J connectivity index is 0.00000225. The Labute approximate surface area is 150 Å². The Hall–Kier alpha value is -2.39.